The molecule has 0 aromatic heterocycles. The Morgan fingerprint density at radius 1 is 1.09 bits per heavy atom. The summed E-state index contributed by atoms with van der Waals surface area (Å²) in [5.41, 5.74) is 2.99. The number of benzene rings is 1. The summed E-state index contributed by atoms with van der Waals surface area (Å²) in [6.07, 6.45) is 6.78. The quantitative estimate of drug-likeness (QED) is 0.430. The first kappa shape index (κ1) is 20.2. The zero-order chi connectivity index (χ0) is 13.9. The van der Waals surface area contributed by atoms with E-state index in [0.717, 1.165) is 25.2 Å². The fraction of sp³-hybridized carbons (Fsp3) is 0.667. The van der Waals surface area contributed by atoms with Crippen LogP contribution in [0.2, 0.25) is 0 Å². The van der Waals surface area contributed by atoms with Crippen LogP contribution in [-0.2, 0) is 6.42 Å². The molecule has 0 aliphatic heterocycles. The van der Waals surface area contributed by atoms with Crippen molar-refractivity contribution in [3.8, 4) is 5.75 Å². The van der Waals surface area contributed by atoms with Gasteiger partial charge in [0, 0.05) is 88.1 Å². The van der Waals surface area contributed by atoms with Crippen LogP contribution in [0.1, 0.15) is 56.1 Å². The summed E-state index contributed by atoms with van der Waals surface area (Å²) >= 11 is 0. The predicted octanol–water partition coefficient (Wildman–Crippen LogP) is 3.61. The molecule has 2 fully saturated rings. The number of aliphatic hydroxyl groups is 1. The standard InChI is InChI=1S/C18H24O2.2Ac/c1-18-9-8-14-13-5-3-12(19)10-11(13)2-4-15(14)16(18)6-7-17(18)20;;/h3,5,10,14-17,19-20H,2,4,6-9H2,1H3;;/t14?,15?,16?,17-,18-;;/m0../s1. The number of fused-ring (bicyclic) bond motifs is 5. The van der Waals surface area contributed by atoms with Gasteiger partial charge in [0.25, 0.3) is 0 Å². The van der Waals surface area contributed by atoms with Crippen molar-refractivity contribution in [1.82, 2.24) is 0 Å². The summed E-state index contributed by atoms with van der Waals surface area (Å²) in [7, 11) is 0. The minimum atomic E-state index is -0.0883. The fourth-order valence-corrected chi connectivity index (χ4v) is 5.54. The predicted molar refractivity (Wildman–Crippen MR) is 78.7 cm³/mol. The maximum atomic E-state index is 10.4. The molecule has 3 aliphatic carbocycles. The van der Waals surface area contributed by atoms with Gasteiger partial charge in [0.2, 0.25) is 0 Å². The van der Waals surface area contributed by atoms with Gasteiger partial charge in [-0.05, 0) is 85.0 Å². The Morgan fingerprint density at radius 2 is 1.86 bits per heavy atom. The van der Waals surface area contributed by atoms with Crippen molar-refractivity contribution in [1.29, 1.82) is 0 Å². The largest absolute Gasteiger partial charge is 0.508 e. The Kier molecular flexibility index (Phi) is 6.99. The molecule has 5 atom stereocenters. The van der Waals surface area contributed by atoms with Crippen LogP contribution < -0.4 is 0 Å². The molecule has 2 radical (unpaired) electrons. The minimum Gasteiger partial charge on any atom is -0.508 e. The third kappa shape index (κ3) is 3.16. The van der Waals surface area contributed by atoms with Gasteiger partial charge in [0.1, 0.15) is 5.75 Å². The molecule has 4 rings (SSSR count). The van der Waals surface area contributed by atoms with Crippen LogP contribution in [0, 0.1) is 105 Å². The second-order valence-corrected chi connectivity index (χ2v) is 7.44. The summed E-state index contributed by atoms with van der Waals surface area (Å²) in [5, 5.41) is 20.0. The van der Waals surface area contributed by atoms with Gasteiger partial charge in [0.05, 0.1) is 6.10 Å². The molecule has 0 spiro atoms. The Balaban J connectivity index is 0.000000882. The molecule has 22 heavy (non-hydrogen) atoms. The number of hydrogen-bond donors (Lipinski definition) is 2. The molecular weight excluding hydrogens is 702 g/mol. The summed E-state index contributed by atoms with van der Waals surface area (Å²) in [5.74, 6) is 2.49. The maximum Gasteiger partial charge on any atom is 0.115 e. The summed E-state index contributed by atoms with van der Waals surface area (Å²) < 4.78 is 0. The molecule has 114 valence electrons. The normalized spacial score (nSPS) is 38.8. The van der Waals surface area contributed by atoms with Crippen LogP contribution in [0.25, 0.3) is 0 Å². The van der Waals surface area contributed by atoms with Crippen molar-refractivity contribution in [2.75, 3.05) is 0 Å². The van der Waals surface area contributed by atoms with Crippen LogP contribution in [0.15, 0.2) is 18.2 Å². The van der Waals surface area contributed by atoms with Crippen molar-refractivity contribution in [3.63, 3.8) is 0 Å². The minimum absolute atomic E-state index is 0. The molecule has 3 aliphatic rings. The van der Waals surface area contributed by atoms with Gasteiger partial charge in [-0.2, -0.15) is 0 Å². The molecule has 1 aromatic rings. The molecule has 0 heterocycles. The second kappa shape index (κ2) is 7.62. The summed E-state index contributed by atoms with van der Waals surface area (Å²) in [4.78, 5) is 0. The maximum absolute atomic E-state index is 10.4. The van der Waals surface area contributed by atoms with Crippen LogP contribution in [0.3, 0.4) is 0 Å². The van der Waals surface area contributed by atoms with E-state index in [0.29, 0.717) is 17.6 Å². The zero-order valence-electron chi connectivity index (χ0n) is 13.3. The molecular formula is C18H24Ac2O2. The first-order valence-electron chi connectivity index (χ1n) is 8.09. The van der Waals surface area contributed by atoms with Crippen LogP contribution >= 0.6 is 0 Å². The number of phenolic OH excluding ortho intramolecular Hbond substituents is 1. The molecule has 3 unspecified atom stereocenters. The van der Waals surface area contributed by atoms with E-state index in [1.54, 1.807) is 0 Å². The number of phenols is 1. The van der Waals surface area contributed by atoms with E-state index in [-0.39, 0.29) is 99.6 Å². The van der Waals surface area contributed by atoms with Crippen LogP contribution in [0.4, 0.5) is 0 Å². The molecule has 2 nitrogen and oxygen atoms in total. The van der Waals surface area contributed by atoms with Gasteiger partial charge < -0.3 is 10.2 Å². The van der Waals surface area contributed by atoms with Crippen molar-refractivity contribution in [2.24, 2.45) is 17.3 Å². The fourth-order valence-electron chi connectivity index (χ4n) is 5.54. The van der Waals surface area contributed by atoms with Crippen molar-refractivity contribution in [3.05, 3.63) is 29.3 Å². The van der Waals surface area contributed by atoms with Gasteiger partial charge in [0.15, 0.2) is 0 Å². The molecule has 2 N–H and O–H groups in total. The third-order valence-corrected chi connectivity index (χ3v) is 6.66. The first-order valence-corrected chi connectivity index (χ1v) is 8.09. The number of aliphatic hydroxyl groups excluding tert-OH is 1. The van der Waals surface area contributed by atoms with Gasteiger partial charge >= 0.3 is 0 Å². The molecule has 2 saturated carbocycles. The monoisotopic (exact) mass is 726 g/mol. The summed E-state index contributed by atoms with van der Waals surface area (Å²) in [6, 6.07) is 5.96. The van der Waals surface area contributed by atoms with E-state index in [2.05, 4.69) is 13.0 Å². The average molecular weight is 726 g/mol. The Hall–Kier alpha value is 1.86. The van der Waals surface area contributed by atoms with E-state index >= 15 is 0 Å². The van der Waals surface area contributed by atoms with Crippen molar-refractivity contribution >= 4 is 0 Å². The number of aryl methyl sites for hydroxylation is 1. The van der Waals surface area contributed by atoms with Gasteiger partial charge in [-0.1, -0.05) is 13.0 Å². The van der Waals surface area contributed by atoms with Gasteiger partial charge in [-0.15, -0.1) is 0 Å². The SMILES string of the molecule is C[C@]12CCC3c4ccc(O)cc4CCC3C1CC[C@@H]2O.[Ac].[Ac]. The Labute approximate surface area is 204 Å². The van der Waals surface area contributed by atoms with Gasteiger partial charge in [-0.25, -0.2) is 0 Å². The average Bonchev–Trinajstić information content (AvgIpc) is 2.74. The first-order chi connectivity index (χ1) is 9.59. The van der Waals surface area contributed by atoms with E-state index < -0.39 is 0 Å². The number of aromatic hydroxyl groups is 1. The van der Waals surface area contributed by atoms with Crippen LogP contribution in [-0.4, -0.2) is 16.3 Å². The Morgan fingerprint density at radius 3 is 2.64 bits per heavy atom. The van der Waals surface area contributed by atoms with E-state index in [1.165, 1.54) is 30.4 Å². The molecule has 1 aromatic carbocycles. The van der Waals surface area contributed by atoms with Crippen molar-refractivity contribution < 1.29 is 98.3 Å². The van der Waals surface area contributed by atoms with E-state index in [4.69, 9.17) is 0 Å². The van der Waals surface area contributed by atoms with E-state index in [1.807, 2.05) is 12.1 Å². The molecule has 4 heteroatoms. The topological polar surface area (TPSA) is 40.5 Å². The second-order valence-electron chi connectivity index (χ2n) is 7.44. The zero-order valence-corrected chi connectivity index (χ0v) is 22.8. The van der Waals surface area contributed by atoms with Gasteiger partial charge in [-0.3, -0.25) is 0 Å². The number of hydrogen-bond acceptors (Lipinski definition) is 2. The summed E-state index contributed by atoms with van der Waals surface area (Å²) in [6.45, 7) is 2.32. The molecule has 0 amide bonds. The third-order valence-electron chi connectivity index (χ3n) is 6.66. The Bertz CT molecular complexity index is 548. The molecule has 0 bridgehead atoms. The van der Waals surface area contributed by atoms with Crippen molar-refractivity contribution in [2.45, 2.75) is 57.5 Å². The smallest absolute Gasteiger partial charge is 0.115 e. The van der Waals surface area contributed by atoms with E-state index in [9.17, 15) is 10.2 Å². The van der Waals surface area contributed by atoms with Crippen LogP contribution in [0.5, 0.6) is 5.75 Å². The number of rotatable bonds is 0. The molecule has 0 saturated heterocycles.